The number of rotatable bonds is 3. The molecule has 0 radical (unpaired) electrons. The van der Waals surface area contributed by atoms with Crippen LogP contribution in [0.15, 0.2) is 24.3 Å². The summed E-state index contributed by atoms with van der Waals surface area (Å²) in [5.74, 6) is -0.653. The van der Waals surface area contributed by atoms with E-state index < -0.39 is 15.7 Å². The number of sulfone groups is 1. The smallest absolute Gasteiger partial charge is 0.159 e. The number of benzene rings is 1. The van der Waals surface area contributed by atoms with Crippen LogP contribution in [0.3, 0.4) is 0 Å². The van der Waals surface area contributed by atoms with Crippen LogP contribution in [-0.4, -0.2) is 26.8 Å². The molecule has 2 rings (SSSR count). The highest BCUT2D eigenvalue weighted by Crippen LogP contribution is 2.16. The van der Waals surface area contributed by atoms with E-state index in [0.29, 0.717) is 13.1 Å². The van der Waals surface area contributed by atoms with Gasteiger partial charge >= 0.3 is 0 Å². The molecule has 0 aliphatic carbocycles. The van der Waals surface area contributed by atoms with E-state index >= 15 is 0 Å². The average molecular weight is 229 g/mol. The lowest BCUT2D eigenvalue weighted by atomic mass is 10.2. The fourth-order valence-electron chi connectivity index (χ4n) is 1.47. The highest BCUT2D eigenvalue weighted by Gasteiger charge is 2.31. The summed E-state index contributed by atoms with van der Waals surface area (Å²) in [6, 6.07) is 5.99. The lowest BCUT2D eigenvalue weighted by molar-refractivity contribution is 0.494. The van der Waals surface area contributed by atoms with Crippen LogP contribution in [0.5, 0.6) is 0 Å². The van der Waals surface area contributed by atoms with Crippen molar-refractivity contribution in [2.45, 2.75) is 11.0 Å². The Balaban J connectivity index is 2.18. The minimum atomic E-state index is -3.20. The van der Waals surface area contributed by atoms with Crippen molar-refractivity contribution in [1.82, 2.24) is 5.32 Å². The van der Waals surface area contributed by atoms with Gasteiger partial charge in [0.05, 0.1) is 11.0 Å². The van der Waals surface area contributed by atoms with Crippen molar-refractivity contribution in [2.75, 3.05) is 13.1 Å². The van der Waals surface area contributed by atoms with Gasteiger partial charge in [-0.05, 0) is 6.07 Å². The maximum absolute atomic E-state index is 13.2. The predicted molar refractivity (Wildman–Crippen MR) is 55.7 cm³/mol. The summed E-state index contributed by atoms with van der Waals surface area (Å²) in [6.45, 7) is 0.966. The third-order valence-corrected chi connectivity index (χ3v) is 4.63. The number of nitrogens with one attached hydrogen (secondary N) is 1. The Labute approximate surface area is 88.2 Å². The van der Waals surface area contributed by atoms with Crippen molar-refractivity contribution in [3.05, 3.63) is 35.6 Å². The zero-order valence-corrected chi connectivity index (χ0v) is 8.93. The molecule has 0 atom stereocenters. The van der Waals surface area contributed by atoms with Crippen LogP contribution >= 0.6 is 0 Å². The molecular weight excluding hydrogens is 217 g/mol. The molecule has 82 valence electrons. The summed E-state index contributed by atoms with van der Waals surface area (Å²) in [5, 5.41) is 2.54. The van der Waals surface area contributed by atoms with Gasteiger partial charge in [-0.3, -0.25) is 0 Å². The lowest BCUT2D eigenvalue weighted by Gasteiger charge is -2.26. The Bertz CT molecular complexity index is 454. The van der Waals surface area contributed by atoms with Gasteiger partial charge in [-0.25, -0.2) is 12.8 Å². The first-order chi connectivity index (χ1) is 7.09. The van der Waals surface area contributed by atoms with Crippen LogP contribution in [-0.2, 0) is 15.6 Å². The van der Waals surface area contributed by atoms with Gasteiger partial charge in [0.15, 0.2) is 9.84 Å². The minimum absolute atomic E-state index is 0.202. The summed E-state index contributed by atoms with van der Waals surface area (Å²) < 4.78 is 36.7. The van der Waals surface area contributed by atoms with Gasteiger partial charge in [-0.15, -0.1) is 0 Å². The van der Waals surface area contributed by atoms with Gasteiger partial charge in [0.2, 0.25) is 0 Å². The molecule has 0 spiro atoms. The molecule has 5 heteroatoms. The van der Waals surface area contributed by atoms with Crippen LogP contribution in [0.2, 0.25) is 0 Å². The molecule has 1 aliphatic rings. The Hall–Kier alpha value is -0.940. The third kappa shape index (κ3) is 2.18. The van der Waals surface area contributed by atoms with Crippen LogP contribution < -0.4 is 5.32 Å². The topological polar surface area (TPSA) is 46.2 Å². The van der Waals surface area contributed by atoms with Crippen LogP contribution in [0.25, 0.3) is 0 Å². The molecule has 1 heterocycles. The molecule has 0 unspecified atom stereocenters. The van der Waals surface area contributed by atoms with E-state index in [-0.39, 0.29) is 16.6 Å². The maximum Gasteiger partial charge on any atom is 0.159 e. The SMILES string of the molecule is O=S(=O)(Cc1ccccc1F)C1CNC1. The first kappa shape index (κ1) is 10.6. The van der Waals surface area contributed by atoms with Crippen molar-refractivity contribution < 1.29 is 12.8 Å². The fraction of sp³-hybridized carbons (Fsp3) is 0.400. The van der Waals surface area contributed by atoms with Crippen LogP contribution in [0.4, 0.5) is 4.39 Å². The molecule has 1 fully saturated rings. The molecular formula is C10H12FNO2S. The Morgan fingerprint density at radius 3 is 2.53 bits per heavy atom. The van der Waals surface area contributed by atoms with Crippen molar-refractivity contribution in [3.63, 3.8) is 0 Å². The average Bonchev–Trinajstić information content (AvgIpc) is 2.04. The molecule has 3 nitrogen and oxygen atoms in total. The molecule has 1 aliphatic heterocycles. The van der Waals surface area contributed by atoms with E-state index in [1.165, 1.54) is 12.1 Å². The van der Waals surface area contributed by atoms with E-state index in [9.17, 15) is 12.8 Å². The van der Waals surface area contributed by atoms with Crippen molar-refractivity contribution in [1.29, 1.82) is 0 Å². The summed E-state index contributed by atoms with van der Waals surface area (Å²) in [5.41, 5.74) is 0.254. The first-order valence-electron chi connectivity index (χ1n) is 4.75. The molecule has 1 aromatic rings. The highest BCUT2D eigenvalue weighted by atomic mass is 32.2. The lowest BCUT2D eigenvalue weighted by Crippen LogP contribution is -2.51. The quantitative estimate of drug-likeness (QED) is 0.830. The van der Waals surface area contributed by atoms with Gasteiger partial charge < -0.3 is 5.32 Å². The predicted octanol–water partition coefficient (Wildman–Crippen LogP) is 0.712. The van der Waals surface area contributed by atoms with Crippen LogP contribution in [0, 0.1) is 5.82 Å². The third-order valence-electron chi connectivity index (χ3n) is 2.57. The molecule has 1 saturated heterocycles. The Kier molecular flexibility index (Phi) is 2.75. The van der Waals surface area contributed by atoms with Crippen molar-refractivity contribution in [2.24, 2.45) is 0 Å². The number of hydrogen-bond acceptors (Lipinski definition) is 3. The number of halogens is 1. The monoisotopic (exact) mass is 229 g/mol. The second-order valence-corrected chi connectivity index (χ2v) is 5.96. The van der Waals surface area contributed by atoms with Gasteiger partial charge in [-0.1, -0.05) is 18.2 Å². The molecule has 1 aromatic carbocycles. The van der Waals surface area contributed by atoms with Gasteiger partial charge in [0.25, 0.3) is 0 Å². The van der Waals surface area contributed by atoms with E-state index in [1.54, 1.807) is 12.1 Å². The molecule has 0 bridgehead atoms. The van der Waals surface area contributed by atoms with E-state index in [1.807, 2.05) is 0 Å². The largest absolute Gasteiger partial charge is 0.314 e. The second-order valence-electron chi connectivity index (χ2n) is 3.68. The summed E-state index contributed by atoms with van der Waals surface area (Å²) in [4.78, 5) is 0. The summed E-state index contributed by atoms with van der Waals surface area (Å²) >= 11 is 0. The highest BCUT2D eigenvalue weighted by molar-refractivity contribution is 7.91. The molecule has 0 aromatic heterocycles. The van der Waals surface area contributed by atoms with Crippen molar-refractivity contribution >= 4 is 9.84 Å². The maximum atomic E-state index is 13.2. The van der Waals surface area contributed by atoms with E-state index in [0.717, 1.165) is 0 Å². The second kappa shape index (κ2) is 3.90. The minimum Gasteiger partial charge on any atom is -0.314 e. The summed E-state index contributed by atoms with van der Waals surface area (Å²) in [6.07, 6.45) is 0. The summed E-state index contributed by atoms with van der Waals surface area (Å²) in [7, 11) is -3.20. The number of hydrogen-bond donors (Lipinski definition) is 1. The zero-order chi connectivity index (χ0) is 10.9. The molecule has 0 saturated carbocycles. The standard InChI is InChI=1S/C10H12FNO2S/c11-10-4-2-1-3-8(10)7-15(13,14)9-5-12-6-9/h1-4,9,12H,5-7H2. The molecule has 15 heavy (non-hydrogen) atoms. The van der Waals surface area contributed by atoms with Crippen LogP contribution in [0.1, 0.15) is 5.56 Å². The van der Waals surface area contributed by atoms with Gasteiger partial charge in [0.1, 0.15) is 5.82 Å². The van der Waals surface area contributed by atoms with E-state index in [2.05, 4.69) is 5.32 Å². The fourth-order valence-corrected chi connectivity index (χ4v) is 3.11. The Morgan fingerprint density at radius 2 is 2.00 bits per heavy atom. The van der Waals surface area contributed by atoms with Gasteiger partial charge in [-0.2, -0.15) is 0 Å². The molecule has 1 N–H and O–H groups in total. The Morgan fingerprint density at radius 1 is 1.33 bits per heavy atom. The van der Waals surface area contributed by atoms with Crippen molar-refractivity contribution in [3.8, 4) is 0 Å². The normalized spacial score (nSPS) is 17.4. The van der Waals surface area contributed by atoms with Gasteiger partial charge in [0, 0.05) is 18.7 Å². The zero-order valence-electron chi connectivity index (χ0n) is 8.11. The van der Waals surface area contributed by atoms with E-state index in [4.69, 9.17) is 0 Å². The first-order valence-corrected chi connectivity index (χ1v) is 6.47. The molecule has 0 amide bonds.